The molecule has 1 atom stereocenters. The molecule has 0 spiro atoms. The molecule has 0 saturated carbocycles. The number of rotatable bonds is 4. The molecule has 0 aliphatic heterocycles. The molecule has 3 rings (SSSR count). The molecule has 1 amide bonds. The van der Waals surface area contributed by atoms with Crippen LogP contribution in [0.1, 0.15) is 78.4 Å². The number of nitrogens with zero attached hydrogens (tertiary/aromatic N) is 1. The molecule has 1 aliphatic rings. The van der Waals surface area contributed by atoms with Gasteiger partial charge in [-0.2, -0.15) is 5.10 Å². The Morgan fingerprint density at radius 3 is 2.57 bits per heavy atom. The molecule has 2 N–H and O–H groups in total. The standard InChI is InChI=1S/C19H25N3O/c1-12(2)17-11-18(22-21-17)19(23)20-13(3)15-9-8-14-6-4-5-7-16(14)10-15/h8-13H,4-7H2,1-3H3,(H,20,23)(H,21,22). The highest BCUT2D eigenvalue weighted by Crippen LogP contribution is 2.25. The molecule has 122 valence electrons. The van der Waals surface area contributed by atoms with E-state index in [1.165, 1.54) is 36.0 Å². The Bertz CT molecular complexity index is 702. The summed E-state index contributed by atoms with van der Waals surface area (Å²) in [4.78, 5) is 12.4. The number of aromatic amines is 1. The summed E-state index contributed by atoms with van der Waals surface area (Å²) in [5, 5.41) is 10.1. The van der Waals surface area contributed by atoms with Crippen LogP contribution in [0.3, 0.4) is 0 Å². The lowest BCUT2D eigenvalue weighted by Gasteiger charge is -2.19. The van der Waals surface area contributed by atoms with Crippen LogP contribution in [0, 0.1) is 0 Å². The van der Waals surface area contributed by atoms with E-state index in [1.807, 2.05) is 13.0 Å². The fourth-order valence-corrected chi connectivity index (χ4v) is 3.13. The molecular formula is C19H25N3O. The first-order valence-electron chi connectivity index (χ1n) is 8.52. The fraction of sp³-hybridized carbons (Fsp3) is 0.474. The van der Waals surface area contributed by atoms with Gasteiger partial charge in [-0.1, -0.05) is 32.0 Å². The van der Waals surface area contributed by atoms with Crippen molar-refractivity contribution in [1.82, 2.24) is 15.5 Å². The summed E-state index contributed by atoms with van der Waals surface area (Å²) in [6.07, 6.45) is 4.89. The van der Waals surface area contributed by atoms with Gasteiger partial charge in [0.2, 0.25) is 0 Å². The van der Waals surface area contributed by atoms with Gasteiger partial charge >= 0.3 is 0 Å². The molecule has 0 radical (unpaired) electrons. The second-order valence-electron chi connectivity index (χ2n) is 6.79. The number of aryl methyl sites for hydroxylation is 2. The lowest BCUT2D eigenvalue weighted by atomic mass is 9.89. The number of aromatic nitrogens is 2. The Labute approximate surface area is 137 Å². The number of fused-ring (bicyclic) bond motifs is 1. The third kappa shape index (κ3) is 3.46. The third-order valence-electron chi connectivity index (χ3n) is 4.67. The van der Waals surface area contributed by atoms with Crippen molar-refractivity contribution in [3.8, 4) is 0 Å². The van der Waals surface area contributed by atoms with Gasteiger partial charge in [0, 0.05) is 5.69 Å². The van der Waals surface area contributed by atoms with E-state index in [0.717, 1.165) is 12.1 Å². The number of amides is 1. The Morgan fingerprint density at radius 2 is 1.87 bits per heavy atom. The zero-order valence-electron chi connectivity index (χ0n) is 14.1. The second-order valence-corrected chi connectivity index (χ2v) is 6.79. The van der Waals surface area contributed by atoms with E-state index < -0.39 is 0 Å². The van der Waals surface area contributed by atoms with Gasteiger partial charge < -0.3 is 5.32 Å². The van der Waals surface area contributed by atoms with Gasteiger partial charge in [-0.15, -0.1) is 0 Å². The zero-order valence-corrected chi connectivity index (χ0v) is 14.1. The van der Waals surface area contributed by atoms with Crippen LogP contribution in [0.5, 0.6) is 0 Å². The highest BCUT2D eigenvalue weighted by molar-refractivity contribution is 5.92. The molecule has 4 nitrogen and oxygen atoms in total. The van der Waals surface area contributed by atoms with Crippen LogP contribution < -0.4 is 5.32 Å². The number of H-pyrrole nitrogens is 1. The van der Waals surface area contributed by atoms with Crippen LogP contribution in [0.4, 0.5) is 0 Å². The predicted octanol–water partition coefficient (Wildman–Crippen LogP) is 3.90. The van der Waals surface area contributed by atoms with Gasteiger partial charge in [0.1, 0.15) is 5.69 Å². The second kappa shape index (κ2) is 6.57. The van der Waals surface area contributed by atoms with Crippen molar-refractivity contribution in [1.29, 1.82) is 0 Å². The number of nitrogens with one attached hydrogen (secondary N) is 2. The first-order valence-corrected chi connectivity index (χ1v) is 8.52. The van der Waals surface area contributed by atoms with Gasteiger partial charge in [-0.25, -0.2) is 0 Å². The minimum atomic E-state index is -0.127. The van der Waals surface area contributed by atoms with E-state index in [1.54, 1.807) is 0 Å². The predicted molar refractivity (Wildman–Crippen MR) is 91.6 cm³/mol. The minimum absolute atomic E-state index is 0.0195. The summed E-state index contributed by atoms with van der Waals surface area (Å²) in [6.45, 7) is 6.17. The number of hydrogen-bond acceptors (Lipinski definition) is 2. The van der Waals surface area contributed by atoms with E-state index in [0.29, 0.717) is 11.6 Å². The maximum Gasteiger partial charge on any atom is 0.272 e. The SMILES string of the molecule is CC(C)c1cc(C(=O)NC(C)c2ccc3c(c2)CCCC3)n[nH]1. The van der Waals surface area contributed by atoms with Crippen molar-refractivity contribution < 1.29 is 4.79 Å². The normalized spacial score (nSPS) is 15.3. The first-order chi connectivity index (χ1) is 11.0. The fourth-order valence-electron chi connectivity index (χ4n) is 3.13. The smallest absolute Gasteiger partial charge is 0.272 e. The van der Waals surface area contributed by atoms with Gasteiger partial charge in [0.15, 0.2) is 0 Å². The topological polar surface area (TPSA) is 57.8 Å². The van der Waals surface area contributed by atoms with Gasteiger partial charge in [0.05, 0.1) is 6.04 Å². The molecule has 1 aromatic heterocycles. The summed E-state index contributed by atoms with van der Waals surface area (Å²) in [7, 11) is 0. The van der Waals surface area contributed by atoms with Crippen molar-refractivity contribution >= 4 is 5.91 Å². The van der Waals surface area contributed by atoms with Crippen LogP contribution >= 0.6 is 0 Å². The van der Waals surface area contributed by atoms with Crippen molar-refractivity contribution in [2.75, 3.05) is 0 Å². The maximum absolute atomic E-state index is 12.4. The minimum Gasteiger partial charge on any atom is -0.344 e. The lowest BCUT2D eigenvalue weighted by molar-refractivity contribution is 0.0935. The summed E-state index contributed by atoms with van der Waals surface area (Å²) < 4.78 is 0. The molecule has 1 aliphatic carbocycles. The van der Waals surface area contributed by atoms with Crippen LogP contribution in [0.25, 0.3) is 0 Å². The summed E-state index contributed by atoms with van der Waals surface area (Å²) in [6, 6.07) is 8.43. The Hall–Kier alpha value is -2.10. The molecule has 4 heteroatoms. The number of benzene rings is 1. The van der Waals surface area contributed by atoms with Crippen molar-refractivity contribution in [3.63, 3.8) is 0 Å². The van der Waals surface area contributed by atoms with Crippen LogP contribution in [0.15, 0.2) is 24.3 Å². The van der Waals surface area contributed by atoms with Crippen LogP contribution in [0.2, 0.25) is 0 Å². The number of carbonyl (C=O) groups is 1. The molecular weight excluding hydrogens is 286 g/mol. The average molecular weight is 311 g/mol. The van der Waals surface area contributed by atoms with Crippen molar-refractivity contribution in [2.24, 2.45) is 0 Å². The van der Waals surface area contributed by atoms with E-state index in [9.17, 15) is 4.79 Å². The highest BCUT2D eigenvalue weighted by Gasteiger charge is 2.17. The Morgan fingerprint density at radius 1 is 1.13 bits per heavy atom. The number of hydrogen-bond donors (Lipinski definition) is 2. The van der Waals surface area contributed by atoms with E-state index in [2.05, 4.69) is 47.6 Å². The summed E-state index contributed by atoms with van der Waals surface area (Å²) >= 11 is 0. The number of carbonyl (C=O) groups excluding carboxylic acids is 1. The molecule has 1 aromatic carbocycles. The van der Waals surface area contributed by atoms with Gasteiger partial charge in [-0.05, 0) is 61.3 Å². The van der Waals surface area contributed by atoms with Gasteiger partial charge in [0.25, 0.3) is 5.91 Å². The molecule has 1 heterocycles. The quantitative estimate of drug-likeness (QED) is 0.899. The zero-order chi connectivity index (χ0) is 16.4. The summed E-state index contributed by atoms with van der Waals surface area (Å²) in [5.41, 5.74) is 5.51. The monoisotopic (exact) mass is 311 g/mol. The van der Waals surface area contributed by atoms with Crippen LogP contribution in [-0.4, -0.2) is 16.1 Å². The largest absolute Gasteiger partial charge is 0.344 e. The molecule has 2 aromatic rings. The average Bonchev–Trinajstić information content (AvgIpc) is 3.04. The van der Waals surface area contributed by atoms with Crippen LogP contribution in [-0.2, 0) is 12.8 Å². The van der Waals surface area contributed by atoms with Crippen molar-refractivity contribution in [2.45, 2.75) is 58.4 Å². The molecule has 23 heavy (non-hydrogen) atoms. The van der Waals surface area contributed by atoms with Crippen molar-refractivity contribution in [3.05, 3.63) is 52.3 Å². The lowest BCUT2D eigenvalue weighted by Crippen LogP contribution is -2.27. The van der Waals surface area contributed by atoms with E-state index >= 15 is 0 Å². The maximum atomic E-state index is 12.4. The molecule has 0 saturated heterocycles. The summed E-state index contributed by atoms with van der Waals surface area (Å²) in [5.74, 6) is 0.209. The van der Waals surface area contributed by atoms with E-state index in [4.69, 9.17) is 0 Å². The highest BCUT2D eigenvalue weighted by atomic mass is 16.2. The Kier molecular flexibility index (Phi) is 4.51. The Balaban J connectivity index is 1.70. The van der Waals surface area contributed by atoms with Gasteiger partial charge in [-0.3, -0.25) is 9.89 Å². The van der Waals surface area contributed by atoms with E-state index in [-0.39, 0.29) is 11.9 Å². The molecule has 1 unspecified atom stereocenters. The molecule has 0 fully saturated rings. The first kappa shape index (κ1) is 15.8. The molecule has 0 bridgehead atoms. The third-order valence-corrected chi connectivity index (χ3v) is 4.67.